The maximum atomic E-state index is 5.62. The highest BCUT2D eigenvalue weighted by Crippen LogP contribution is 2.36. The molecule has 0 aromatic carbocycles. The van der Waals surface area contributed by atoms with Gasteiger partial charge in [-0.1, -0.05) is 0 Å². The number of anilines is 1. The number of thiophene rings is 1. The summed E-state index contributed by atoms with van der Waals surface area (Å²) < 4.78 is 12.3. The number of H-pyrrole nitrogens is 1. The third-order valence-corrected chi connectivity index (χ3v) is 8.39. The molecular weight excluding hydrogens is 462 g/mol. The number of nitrogens with one attached hydrogen (secondary N) is 1. The van der Waals surface area contributed by atoms with Crippen molar-refractivity contribution in [1.29, 1.82) is 0 Å². The molecule has 0 aliphatic carbocycles. The van der Waals surface area contributed by atoms with Crippen LogP contribution in [0.5, 0.6) is 0 Å². The molecule has 0 radical (unpaired) electrons. The second-order valence-corrected chi connectivity index (χ2v) is 10.6. The number of pyridine rings is 1. The van der Waals surface area contributed by atoms with Crippen LogP contribution in [0.4, 0.5) is 5.82 Å². The van der Waals surface area contributed by atoms with Crippen molar-refractivity contribution in [2.45, 2.75) is 12.6 Å². The molecule has 3 aliphatic rings. The van der Waals surface area contributed by atoms with Crippen molar-refractivity contribution in [1.82, 2.24) is 29.7 Å². The van der Waals surface area contributed by atoms with Crippen molar-refractivity contribution in [2.75, 3.05) is 70.6 Å². The van der Waals surface area contributed by atoms with Gasteiger partial charge in [0.1, 0.15) is 5.69 Å². The quantitative estimate of drug-likeness (QED) is 0.456. The fourth-order valence-corrected chi connectivity index (χ4v) is 6.52. The molecule has 0 spiro atoms. The predicted octanol–water partition coefficient (Wildman–Crippen LogP) is 2.59. The first-order valence-corrected chi connectivity index (χ1v) is 13.2. The van der Waals surface area contributed by atoms with Crippen LogP contribution in [0.3, 0.4) is 0 Å². The number of fused-ring (bicyclic) bond motifs is 2. The van der Waals surface area contributed by atoms with Gasteiger partial charge >= 0.3 is 0 Å². The molecule has 0 amide bonds. The van der Waals surface area contributed by atoms with Gasteiger partial charge in [-0.05, 0) is 18.2 Å². The second kappa shape index (κ2) is 9.11. The Labute approximate surface area is 207 Å². The number of hydrogen-bond acceptors (Lipinski definition) is 9. The SMILES string of the molecule is c1cc2[nH]ccc2c(-c2nc(N3CCOCC3)c3sc(CN4CC(N5CCOCC5)C4)cc3n2)n1. The van der Waals surface area contributed by atoms with Gasteiger partial charge in [-0.3, -0.25) is 14.8 Å². The molecule has 9 nitrogen and oxygen atoms in total. The molecule has 4 aromatic rings. The number of likely N-dealkylation sites (tertiary alicyclic amines) is 1. The Hall–Kier alpha value is -2.63. The average Bonchev–Trinajstić information content (AvgIpc) is 3.53. The lowest BCUT2D eigenvalue weighted by Gasteiger charge is -2.46. The van der Waals surface area contributed by atoms with Crippen LogP contribution in [0.2, 0.25) is 0 Å². The van der Waals surface area contributed by atoms with Crippen molar-refractivity contribution in [3.63, 3.8) is 0 Å². The lowest BCUT2D eigenvalue weighted by Crippen LogP contribution is -2.60. The molecule has 7 heterocycles. The van der Waals surface area contributed by atoms with Crippen molar-refractivity contribution < 1.29 is 9.47 Å². The zero-order chi connectivity index (χ0) is 23.2. The van der Waals surface area contributed by atoms with Crippen LogP contribution in [0.25, 0.3) is 32.6 Å². The van der Waals surface area contributed by atoms with E-state index in [1.54, 1.807) is 0 Å². The molecule has 4 aromatic heterocycles. The fraction of sp³-hybridized carbons (Fsp3) is 0.480. The van der Waals surface area contributed by atoms with E-state index in [4.69, 9.17) is 19.4 Å². The Morgan fingerprint density at radius 2 is 1.80 bits per heavy atom. The number of nitrogens with zero attached hydrogens (tertiary/aromatic N) is 6. The zero-order valence-electron chi connectivity index (χ0n) is 19.7. The highest BCUT2D eigenvalue weighted by molar-refractivity contribution is 7.19. The second-order valence-electron chi connectivity index (χ2n) is 9.49. The lowest BCUT2D eigenvalue weighted by atomic mass is 10.1. The summed E-state index contributed by atoms with van der Waals surface area (Å²) in [7, 11) is 0. The minimum atomic E-state index is 0.663. The van der Waals surface area contributed by atoms with E-state index in [9.17, 15) is 0 Å². The minimum Gasteiger partial charge on any atom is -0.379 e. The highest BCUT2D eigenvalue weighted by atomic mass is 32.1. The first-order valence-electron chi connectivity index (χ1n) is 12.4. The molecule has 1 N–H and O–H groups in total. The van der Waals surface area contributed by atoms with E-state index in [-0.39, 0.29) is 0 Å². The molecule has 0 atom stereocenters. The Bertz CT molecular complexity index is 1340. The molecule has 182 valence electrons. The molecule has 3 saturated heterocycles. The molecule has 10 heteroatoms. The smallest absolute Gasteiger partial charge is 0.181 e. The van der Waals surface area contributed by atoms with E-state index >= 15 is 0 Å². The zero-order valence-corrected chi connectivity index (χ0v) is 20.5. The van der Waals surface area contributed by atoms with Crippen LogP contribution in [-0.2, 0) is 16.0 Å². The first-order chi connectivity index (χ1) is 17.3. The molecule has 3 fully saturated rings. The number of rotatable bonds is 5. The maximum absolute atomic E-state index is 5.62. The molecule has 35 heavy (non-hydrogen) atoms. The number of morpholine rings is 2. The Morgan fingerprint density at radius 3 is 2.63 bits per heavy atom. The van der Waals surface area contributed by atoms with E-state index in [2.05, 4.69) is 30.7 Å². The van der Waals surface area contributed by atoms with E-state index in [1.165, 1.54) is 4.88 Å². The Kier molecular flexibility index (Phi) is 5.63. The van der Waals surface area contributed by atoms with E-state index in [1.807, 2.05) is 35.9 Å². The van der Waals surface area contributed by atoms with Gasteiger partial charge in [0.2, 0.25) is 0 Å². The molecule has 7 rings (SSSR count). The molecule has 3 aliphatic heterocycles. The van der Waals surface area contributed by atoms with Crippen molar-refractivity contribution >= 4 is 38.3 Å². The number of hydrogen-bond donors (Lipinski definition) is 1. The average molecular weight is 492 g/mol. The summed E-state index contributed by atoms with van der Waals surface area (Å²) in [5, 5.41) is 1.05. The van der Waals surface area contributed by atoms with Crippen LogP contribution in [0.15, 0.2) is 30.6 Å². The van der Waals surface area contributed by atoms with E-state index in [0.717, 1.165) is 105 Å². The van der Waals surface area contributed by atoms with E-state index in [0.29, 0.717) is 11.9 Å². The third-order valence-electron chi connectivity index (χ3n) is 7.29. The first kappa shape index (κ1) is 21.6. The van der Waals surface area contributed by atoms with Gasteiger partial charge in [0, 0.05) is 80.0 Å². The van der Waals surface area contributed by atoms with Gasteiger partial charge < -0.3 is 19.4 Å². The molecular formula is C25H29N7O2S. The Morgan fingerprint density at radius 1 is 1.00 bits per heavy atom. The number of aromatic nitrogens is 4. The summed E-state index contributed by atoms with van der Waals surface area (Å²) in [6.45, 7) is 10.2. The van der Waals surface area contributed by atoms with Crippen molar-refractivity contribution in [3.8, 4) is 11.5 Å². The molecule has 0 unspecified atom stereocenters. The lowest BCUT2D eigenvalue weighted by molar-refractivity contribution is -0.0341. The molecule has 0 bridgehead atoms. The van der Waals surface area contributed by atoms with Crippen molar-refractivity contribution in [2.24, 2.45) is 0 Å². The van der Waals surface area contributed by atoms with Gasteiger partial charge in [-0.25, -0.2) is 9.97 Å². The van der Waals surface area contributed by atoms with Crippen LogP contribution >= 0.6 is 11.3 Å². The van der Waals surface area contributed by atoms with Gasteiger partial charge in [-0.15, -0.1) is 11.3 Å². The van der Waals surface area contributed by atoms with Crippen LogP contribution in [-0.4, -0.2) is 101 Å². The molecule has 0 saturated carbocycles. The Balaban J connectivity index is 1.20. The van der Waals surface area contributed by atoms with E-state index < -0.39 is 0 Å². The summed E-state index contributed by atoms with van der Waals surface area (Å²) in [6.07, 6.45) is 3.77. The summed E-state index contributed by atoms with van der Waals surface area (Å²) in [4.78, 5) is 26.8. The number of ether oxygens (including phenoxy) is 2. The fourth-order valence-electron chi connectivity index (χ4n) is 5.36. The summed E-state index contributed by atoms with van der Waals surface area (Å²) >= 11 is 1.83. The van der Waals surface area contributed by atoms with Gasteiger partial charge in [0.15, 0.2) is 11.6 Å². The monoisotopic (exact) mass is 491 g/mol. The van der Waals surface area contributed by atoms with Gasteiger partial charge in [-0.2, -0.15) is 0 Å². The number of aromatic amines is 1. The van der Waals surface area contributed by atoms with Crippen LogP contribution in [0, 0.1) is 0 Å². The standard InChI is InChI=1S/C25H29N7O2S/c1-3-26-20-2-4-27-22(19(1)20)24-28-21-13-18(16-30-14-17(15-30)31-5-9-33-10-6-31)35-23(21)25(29-24)32-7-11-34-12-8-32/h1-4,13,17,26H,5-12,14-16H2. The highest BCUT2D eigenvalue weighted by Gasteiger charge is 2.33. The summed E-state index contributed by atoms with van der Waals surface area (Å²) in [5.74, 6) is 1.69. The normalized spacial score (nSPS) is 20.6. The van der Waals surface area contributed by atoms with Crippen LogP contribution < -0.4 is 4.90 Å². The predicted molar refractivity (Wildman–Crippen MR) is 137 cm³/mol. The summed E-state index contributed by atoms with van der Waals surface area (Å²) in [6, 6.07) is 6.96. The summed E-state index contributed by atoms with van der Waals surface area (Å²) in [5.41, 5.74) is 2.88. The van der Waals surface area contributed by atoms with Gasteiger partial charge in [0.25, 0.3) is 0 Å². The third kappa shape index (κ3) is 4.09. The van der Waals surface area contributed by atoms with Gasteiger partial charge in [0.05, 0.1) is 36.6 Å². The van der Waals surface area contributed by atoms with Crippen molar-refractivity contribution in [3.05, 3.63) is 35.5 Å². The maximum Gasteiger partial charge on any atom is 0.181 e. The van der Waals surface area contributed by atoms with Crippen LogP contribution in [0.1, 0.15) is 4.88 Å². The topological polar surface area (TPSA) is 82.6 Å². The largest absolute Gasteiger partial charge is 0.379 e. The minimum absolute atomic E-state index is 0.663.